The molecule has 1 aliphatic rings. The second kappa shape index (κ2) is 4.58. The van der Waals surface area contributed by atoms with Gasteiger partial charge in [0.15, 0.2) is 5.82 Å². The summed E-state index contributed by atoms with van der Waals surface area (Å²) in [5.41, 5.74) is 2.24. The Bertz CT molecular complexity index is 562. The second-order valence-corrected chi connectivity index (χ2v) is 5.08. The van der Waals surface area contributed by atoms with Crippen LogP contribution in [0.25, 0.3) is 11.4 Å². The summed E-state index contributed by atoms with van der Waals surface area (Å²) in [6.07, 6.45) is 4.05. The zero-order valence-electron chi connectivity index (χ0n) is 10.2. The van der Waals surface area contributed by atoms with E-state index in [-0.39, 0.29) is 0 Å². The first-order valence-electron chi connectivity index (χ1n) is 6.08. The fourth-order valence-electron chi connectivity index (χ4n) is 1.73. The number of aromatic nitrogens is 2. The largest absolute Gasteiger partial charge is 0.366 e. The topological polar surface area (TPSA) is 37.8 Å². The van der Waals surface area contributed by atoms with Gasteiger partial charge >= 0.3 is 0 Å². The molecule has 0 saturated heterocycles. The highest BCUT2D eigenvalue weighted by molar-refractivity contribution is 6.32. The third-order valence-corrected chi connectivity index (χ3v) is 3.25. The Balaban J connectivity index is 1.93. The lowest BCUT2D eigenvalue weighted by Gasteiger charge is -2.08. The monoisotopic (exact) mass is 259 g/mol. The van der Waals surface area contributed by atoms with Crippen LogP contribution in [0.3, 0.4) is 0 Å². The number of aryl methyl sites for hydroxylation is 1. The molecule has 4 heteroatoms. The van der Waals surface area contributed by atoms with Crippen molar-refractivity contribution >= 4 is 17.4 Å². The van der Waals surface area contributed by atoms with Crippen molar-refractivity contribution in [2.45, 2.75) is 25.8 Å². The summed E-state index contributed by atoms with van der Waals surface area (Å²) in [4.78, 5) is 8.78. The molecule has 18 heavy (non-hydrogen) atoms. The summed E-state index contributed by atoms with van der Waals surface area (Å²) in [5, 5.41) is 3.90. The van der Waals surface area contributed by atoms with Crippen LogP contribution in [-0.4, -0.2) is 16.0 Å². The summed E-state index contributed by atoms with van der Waals surface area (Å²) in [7, 11) is 0. The predicted molar refractivity (Wildman–Crippen MR) is 73.9 cm³/mol. The smallest absolute Gasteiger partial charge is 0.161 e. The number of rotatable bonds is 3. The molecule has 1 aromatic heterocycles. The Hall–Kier alpha value is -1.61. The molecule has 1 saturated carbocycles. The Morgan fingerprint density at radius 3 is 2.61 bits per heavy atom. The lowest BCUT2D eigenvalue weighted by Crippen LogP contribution is -2.05. The van der Waals surface area contributed by atoms with Gasteiger partial charge in [0.1, 0.15) is 10.8 Å². The normalized spacial score (nSPS) is 14.6. The molecule has 1 fully saturated rings. The average Bonchev–Trinajstić information content (AvgIpc) is 3.17. The van der Waals surface area contributed by atoms with Crippen molar-refractivity contribution in [1.82, 2.24) is 9.97 Å². The molecule has 0 radical (unpaired) electrons. The Labute approximate surface area is 111 Å². The molecule has 1 heterocycles. The molecule has 92 valence electrons. The molecular formula is C14H14ClN3. The molecule has 0 spiro atoms. The van der Waals surface area contributed by atoms with Crippen LogP contribution in [0, 0.1) is 6.92 Å². The summed E-state index contributed by atoms with van der Waals surface area (Å²) >= 11 is 6.09. The van der Waals surface area contributed by atoms with E-state index < -0.39 is 0 Å². The van der Waals surface area contributed by atoms with E-state index in [4.69, 9.17) is 11.6 Å². The quantitative estimate of drug-likeness (QED) is 0.914. The molecule has 1 aliphatic carbocycles. The van der Waals surface area contributed by atoms with E-state index in [0.717, 1.165) is 11.4 Å². The lowest BCUT2D eigenvalue weighted by molar-refractivity contribution is 1.09. The van der Waals surface area contributed by atoms with Gasteiger partial charge in [-0.05, 0) is 19.8 Å². The van der Waals surface area contributed by atoms with E-state index in [1.54, 1.807) is 6.20 Å². The van der Waals surface area contributed by atoms with E-state index in [2.05, 4.69) is 34.3 Å². The Morgan fingerprint density at radius 1 is 1.22 bits per heavy atom. The van der Waals surface area contributed by atoms with Crippen LogP contribution in [0.1, 0.15) is 18.4 Å². The van der Waals surface area contributed by atoms with Crippen LogP contribution >= 0.6 is 11.6 Å². The first kappa shape index (κ1) is 11.5. The van der Waals surface area contributed by atoms with Crippen molar-refractivity contribution in [3.05, 3.63) is 41.0 Å². The van der Waals surface area contributed by atoms with Gasteiger partial charge in [0, 0.05) is 11.6 Å². The Kier molecular flexibility index (Phi) is 2.92. The average molecular weight is 260 g/mol. The van der Waals surface area contributed by atoms with E-state index in [9.17, 15) is 0 Å². The zero-order valence-corrected chi connectivity index (χ0v) is 10.9. The summed E-state index contributed by atoms with van der Waals surface area (Å²) < 4.78 is 0. The first-order valence-corrected chi connectivity index (χ1v) is 6.46. The second-order valence-electron chi connectivity index (χ2n) is 4.67. The van der Waals surface area contributed by atoms with Gasteiger partial charge in [-0.15, -0.1) is 0 Å². The maximum atomic E-state index is 6.09. The van der Waals surface area contributed by atoms with Gasteiger partial charge in [-0.1, -0.05) is 41.4 Å². The fourth-order valence-corrected chi connectivity index (χ4v) is 1.88. The predicted octanol–water partition coefficient (Wildman–Crippen LogP) is 3.68. The van der Waals surface area contributed by atoms with Crippen LogP contribution in [-0.2, 0) is 0 Å². The number of anilines is 1. The number of halogens is 1. The molecular weight excluding hydrogens is 246 g/mol. The minimum absolute atomic E-state index is 0.531. The zero-order chi connectivity index (χ0) is 12.5. The summed E-state index contributed by atoms with van der Waals surface area (Å²) in [6, 6.07) is 8.70. The molecule has 2 aromatic rings. The minimum Gasteiger partial charge on any atom is -0.366 e. The fraction of sp³-hybridized carbons (Fsp3) is 0.286. The summed E-state index contributed by atoms with van der Waals surface area (Å²) in [5.74, 6) is 1.45. The molecule has 0 bridgehead atoms. The Morgan fingerprint density at radius 2 is 1.94 bits per heavy atom. The summed E-state index contributed by atoms with van der Waals surface area (Å²) in [6.45, 7) is 2.06. The number of hydrogen-bond acceptors (Lipinski definition) is 3. The molecule has 0 unspecified atom stereocenters. The number of nitrogens with zero attached hydrogens (tertiary/aromatic N) is 2. The van der Waals surface area contributed by atoms with E-state index in [1.165, 1.54) is 18.4 Å². The third kappa shape index (κ3) is 2.46. The molecule has 0 amide bonds. The lowest BCUT2D eigenvalue weighted by atomic mass is 10.1. The highest BCUT2D eigenvalue weighted by Gasteiger charge is 2.22. The van der Waals surface area contributed by atoms with Crippen molar-refractivity contribution in [1.29, 1.82) is 0 Å². The van der Waals surface area contributed by atoms with Crippen LogP contribution in [0.15, 0.2) is 30.5 Å². The van der Waals surface area contributed by atoms with Crippen LogP contribution in [0.2, 0.25) is 5.02 Å². The molecule has 0 atom stereocenters. The third-order valence-electron chi connectivity index (χ3n) is 2.97. The maximum Gasteiger partial charge on any atom is 0.161 e. The van der Waals surface area contributed by atoms with Gasteiger partial charge in [-0.2, -0.15) is 0 Å². The van der Waals surface area contributed by atoms with Gasteiger partial charge in [0.2, 0.25) is 0 Å². The van der Waals surface area contributed by atoms with Crippen LogP contribution in [0.4, 0.5) is 5.82 Å². The van der Waals surface area contributed by atoms with Gasteiger partial charge in [0.25, 0.3) is 0 Å². The molecule has 3 nitrogen and oxygen atoms in total. The van der Waals surface area contributed by atoms with Gasteiger partial charge in [-0.3, -0.25) is 0 Å². The van der Waals surface area contributed by atoms with Gasteiger partial charge in [-0.25, -0.2) is 9.97 Å². The highest BCUT2D eigenvalue weighted by atomic mass is 35.5. The number of hydrogen-bond donors (Lipinski definition) is 1. The molecule has 1 aromatic carbocycles. The number of benzene rings is 1. The van der Waals surface area contributed by atoms with Crippen molar-refractivity contribution in [3.63, 3.8) is 0 Å². The standard InChI is InChI=1S/C14H14ClN3/c1-9-2-4-10(5-3-9)13-16-8-12(15)14(18-13)17-11-6-7-11/h2-5,8,11H,6-7H2,1H3,(H,16,17,18). The van der Waals surface area contributed by atoms with Gasteiger partial charge < -0.3 is 5.32 Å². The maximum absolute atomic E-state index is 6.09. The van der Waals surface area contributed by atoms with Crippen molar-refractivity contribution in [2.24, 2.45) is 0 Å². The highest BCUT2D eigenvalue weighted by Crippen LogP contribution is 2.29. The van der Waals surface area contributed by atoms with Gasteiger partial charge in [0.05, 0.1) is 6.20 Å². The minimum atomic E-state index is 0.531. The molecule has 0 aliphatic heterocycles. The number of nitrogens with one attached hydrogen (secondary N) is 1. The van der Waals surface area contributed by atoms with Crippen molar-refractivity contribution in [3.8, 4) is 11.4 Å². The van der Waals surface area contributed by atoms with Crippen molar-refractivity contribution in [2.75, 3.05) is 5.32 Å². The van der Waals surface area contributed by atoms with E-state index in [1.807, 2.05) is 12.1 Å². The van der Waals surface area contributed by atoms with Crippen molar-refractivity contribution < 1.29 is 0 Å². The van der Waals surface area contributed by atoms with Crippen LogP contribution < -0.4 is 5.32 Å². The first-order chi connectivity index (χ1) is 8.72. The SMILES string of the molecule is Cc1ccc(-c2ncc(Cl)c(NC3CC3)n2)cc1. The van der Waals surface area contributed by atoms with Crippen LogP contribution in [0.5, 0.6) is 0 Å². The molecule has 3 rings (SSSR count). The molecule has 1 N–H and O–H groups in total. The van der Waals surface area contributed by atoms with E-state index >= 15 is 0 Å². The van der Waals surface area contributed by atoms with E-state index in [0.29, 0.717) is 16.9 Å².